The Morgan fingerprint density at radius 1 is 0.923 bits per heavy atom. The highest BCUT2D eigenvalue weighted by molar-refractivity contribution is 6.10. The second kappa shape index (κ2) is 11.3. The van der Waals surface area contributed by atoms with Gasteiger partial charge in [-0.25, -0.2) is 0 Å². The summed E-state index contributed by atoms with van der Waals surface area (Å²) in [5, 5.41) is 0. The number of ketones is 1. The van der Waals surface area contributed by atoms with Gasteiger partial charge in [-0.3, -0.25) is 4.79 Å². The number of hydrogen-bond donors (Lipinski definition) is 0. The van der Waals surface area contributed by atoms with E-state index in [4.69, 9.17) is 0 Å². The molecule has 1 rings (SSSR count). The third kappa shape index (κ3) is 5.91. The zero-order valence-corrected chi connectivity index (χ0v) is 17.1. The first-order valence-corrected chi connectivity index (χ1v) is 9.73. The molecule has 3 nitrogen and oxygen atoms in total. The molecule has 0 saturated heterocycles. The van der Waals surface area contributed by atoms with Gasteiger partial charge in [0.15, 0.2) is 5.78 Å². The molecule has 142 valence electrons. The highest BCUT2D eigenvalue weighted by Gasteiger charge is 2.10. The highest BCUT2D eigenvalue weighted by Crippen LogP contribution is 2.17. The Bertz CT molecular complexity index is 633. The van der Waals surface area contributed by atoms with Crippen LogP contribution in [-0.4, -0.2) is 36.9 Å². The van der Waals surface area contributed by atoms with E-state index >= 15 is 0 Å². The van der Waals surface area contributed by atoms with Crippen molar-refractivity contribution in [3.05, 3.63) is 65.9 Å². The lowest BCUT2D eigenvalue weighted by atomic mass is 10.0. The number of hydrogen-bond acceptors (Lipinski definition) is 3. The number of carbonyl (C=O) groups is 1. The van der Waals surface area contributed by atoms with Crippen molar-refractivity contribution < 1.29 is 4.79 Å². The molecule has 1 aromatic carbocycles. The van der Waals surface area contributed by atoms with E-state index in [-0.39, 0.29) is 5.78 Å². The first kappa shape index (κ1) is 21.8. The lowest BCUT2D eigenvalue weighted by Crippen LogP contribution is -2.21. The van der Waals surface area contributed by atoms with Gasteiger partial charge in [-0.15, -0.1) is 0 Å². The lowest BCUT2D eigenvalue weighted by Gasteiger charge is -2.22. The van der Waals surface area contributed by atoms with Crippen LogP contribution < -0.4 is 4.90 Å². The molecule has 0 aliphatic heterocycles. The minimum Gasteiger partial charge on any atom is -0.372 e. The summed E-state index contributed by atoms with van der Waals surface area (Å²) in [6.45, 7) is 18.4. The molecule has 0 bridgehead atoms. The summed E-state index contributed by atoms with van der Waals surface area (Å²) in [6, 6.07) is 7.80. The van der Waals surface area contributed by atoms with Crippen LogP contribution in [0.1, 0.15) is 51.4 Å². The van der Waals surface area contributed by atoms with Crippen LogP contribution >= 0.6 is 0 Å². The molecule has 0 saturated carbocycles. The normalized spacial score (nSPS) is 11.7. The van der Waals surface area contributed by atoms with Gasteiger partial charge in [-0.05, 0) is 70.5 Å². The van der Waals surface area contributed by atoms with Crippen molar-refractivity contribution >= 4 is 11.5 Å². The quantitative estimate of drug-likeness (QED) is 0.299. The number of likely N-dealkylation sites (N-methyl/N-ethyl adjacent to an activating group) is 1. The van der Waals surface area contributed by atoms with Crippen LogP contribution in [0.3, 0.4) is 0 Å². The second-order valence-electron chi connectivity index (χ2n) is 6.12. The van der Waals surface area contributed by atoms with Crippen molar-refractivity contribution in [3.8, 4) is 0 Å². The third-order valence-corrected chi connectivity index (χ3v) is 4.55. The van der Waals surface area contributed by atoms with E-state index < -0.39 is 0 Å². The fraction of sp³-hybridized carbons (Fsp3) is 0.435. The number of nitrogens with zero attached hydrogens (tertiary/aromatic N) is 2. The Hall–Kier alpha value is -2.29. The summed E-state index contributed by atoms with van der Waals surface area (Å²) in [7, 11) is 0. The molecular weight excluding hydrogens is 320 g/mol. The van der Waals surface area contributed by atoms with E-state index in [2.05, 4.69) is 57.1 Å². The van der Waals surface area contributed by atoms with Gasteiger partial charge in [0.2, 0.25) is 0 Å². The van der Waals surface area contributed by atoms with Crippen molar-refractivity contribution in [1.82, 2.24) is 4.90 Å². The molecule has 0 aliphatic carbocycles. The summed E-state index contributed by atoms with van der Waals surface area (Å²) in [5.74, 6) is -0.0252. The Morgan fingerprint density at radius 3 is 1.96 bits per heavy atom. The second-order valence-corrected chi connectivity index (χ2v) is 6.12. The maximum absolute atomic E-state index is 12.6. The SMILES string of the molecule is C=C(/C=C\C(=C/CC)N(CC)CC)C(=O)c1ccc(N(CC)CC)cc1. The Kier molecular flexibility index (Phi) is 9.50. The van der Waals surface area contributed by atoms with Gasteiger partial charge in [0.25, 0.3) is 0 Å². The van der Waals surface area contributed by atoms with Gasteiger partial charge in [0.1, 0.15) is 0 Å². The van der Waals surface area contributed by atoms with Crippen LogP contribution in [-0.2, 0) is 0 Å². The minimum atomic E-state index is -0.0252. The van der Waals surface area contributed by atoms with Crippen LogP contribution in [0.2, 0.25) is 0 Å². The molecule has 0 fully saturated rings. The molecule has 0 atom stereocenters. The van der Waals surface area contributed by atoms with E-state index in [1.165, 1.54) is 0 Å². The van der Waals surface area contributed by atoms with Crippen molar-refractivity contribution in [2.24, 2.45) is 0 Å². The van der Waals surface area contributed by atoms with Gasteiger partial charge >= 0.3 is 0 Å². The molecule has 3 heteroatoms. The van der Waals surface area contributed by atoms with Gasteiger partial charge in [-0.1, -0.05) is 19.6 Å². The number of benzene rings is 1. The van der Waals surface area contributed by atoms with Crippen LogP contribution in [0.4, 0.5) is 5.69 Å². The average molecular weight is 355 g/mol. The Morgan fingerprint density at radius 2 is 1.50 bits per heavy atom. The smallest absolute Gasteiger partial charge is 0.192 e. The van der Waals surface area contributed by atoms with Crippen molar-refractivity contribution in [1.29, 1.82) is 0 Å². The van der Waals surface area contributed by atoms with Gasteiger partial charge in [0.05, 0.1) is 0 Å². The molecule has 0 aromatic heterocycles. The minimum absolute atomic E-state index is 0.0252. The third-order valence-electron chi connectivity index (χ3n) is 4.55. The maximum Gasteiger partial charge on any atom is 0.192 e. The Balaban J connectivity index is 2.89. The summed E-state index contributed by atoms with van der Waals surface area (Å²) in [6.07, 6.45) is 6.98. The van der Waals surface area contributed by atoms with Crippen molar-refractivity contribution in [3.63, 3.8) is 0 Å². The van der Waals surface area contributed by atoms with E-state index in [0.717, 1.165) is 44.0 Å². The topological polar surface area (TPSA) is 23.6 Å². The number of anilines is 1. The largest absolute Gasteiger partial charge is 0.372 e. The van der Waals surface area contributed by atoms with Crippen LogP contribution in [0.25, 0.3) is 0 Å². The van der Waals surface area contributed by atoms with E-state index in [0.29, 0.717) is 11.1 Å². The predicted octanol–water partition coefficient (Wildman–Crippen LogP) is 5.46. The molecule has 0 amide bonds. The number of allylic oxidation sites excluding steroid dienone is 4. The monoisotopic (exact) mass is 354 g/mol. The molecule has 0 N–H and O–H groups in total. The summed E-state index contributed by atoms with van der Waals surface area (Å²) >= 11 is 0. The molecule has 0 spiro atoms. The summed E-state index contributed by atoms with van der Waals surface area (Å²) in [4.78, 5) is 17.2. The standard InChI is InChI=1S/C23H34N2O/c1-7-12-21(24(8-2)9-3)16-13-19(6)23(26)20-14-17-22(18-15-20)25(10-4)11-5/h12-18H,6-11H2,1-5H3/b16-13-,21-12+. The molecule has 0 radical (unpaired) electrons. The molecule has 0 heterocycles. The summed E-state index contributed by atoms with van der Waals surface area (Å²) < 4.78 is 0. The average Bonchev–Trinajstić information content (AvgIpc) is 2.67. The number of Topliss-reactive ketones (excluding diaryl/α,β-unsaturated/α-hetero) is 1. The van der Waals surface area contributed by atoms with Crippen molar-refractivity contribution in [2.75, 3.05) is 31.1 Å². The predicted molar refractivity (Wildman–Crippen MR) is 114 cm³/mol. The zero-order chi connectivity index (χ0) is 19.5. The first-order chi connectivity index (χ1) is 12.5. The van der Waals surface area contributed by atoms with E-state index in [9.17, 15) is 4.79 Å². The molecule has 1 aromatic rings. The molecule has 0 aliphatic rings. The van der Waals surface area contributed by atoms with Crippen molar-refractivity contribution in [2.45, 2.75) is 41.0 Å². The number of carbonyl (C=O) groups excluding carboxylic acids is 1. The first-order valence-electron chi connectivity index (χ1n) is 9.73. The van der Waals surface area contributed by atoms with E-state index in [1.807, 2.05) is 36.4 Å². The fourth-order valence-electron chi connectivity index (χ4n) is 2.96. The lowest BCUT2D eigenvalue weighted by molar-refractivity contribution is 0.103. The van der Waals surface area contributed by atoms with Crippen LogP contribution in [0.5, 0.6) is 0 Å². The molecule has 26 heavy (non-hydrogen) atoms. The summed E-state index contributed by atoms with van der Waals surface area (Å²) in [5.41, 5.74) is 3.47. The zero-order valence-electron chi connectivity index (χ0n) is 17.1. The number of rotatable bonds is 11. The van der Waals surface area contributed by atoms with E-state index in [1.54, 1.807) is 0 Å². The van der Waals surface area contributed by atoms with Crippen LogP contribution in [0.15, 0.2) is 60.3 Å². The fourth-order valence-corrected chi connectivity index (χ4v) is 2.96. The molecule has 0 unspecified atom stereocenters. The maximum atomic E-state index is 12.6. The van der Waals surface area contributed by atoms with Crippen LogP contribution in [0, 0.1) is 0 Å². The Labute approximate surface area is 159 Å². The highest BCUT2D eigenvalue weighted by atomic mass is 16.1. The molecular formula is C23H34N2O. The van der Waals surface area contributed by atoms with Gasteiger partial charge in [0, 0.05) is 48.7 Å². The van der Waals surface area contributed by atoms with Gasteiger partial charge < -0.3 is 9.80 Å². The van der Waals surface area contributed by atoms with Gasteiger partial charge in [-0.2, -0.15) is 0 Å².